The Morgan fingerprint density at radius 2 is 1.88 bits per heavy atom. The lowest BCUT2D eigenvalue weighted by Gasteiger charge is -2.30. The van der Waals surface area contributed by atoms with Crippen LogP contribution in [0.1, 0.15) is 13.8 Å². The third-order valence-corrected chi connectivity index (χ3v) is 4.26. The van der Waals surface area contributed by atoms with Crippen molar-refractivity contribution in [3.8, 4) is 0 Å². The summed E-state index contributed by atoms with van der Waals surface area (Å²) in [5.74, 6) is 1.76. The molecule has 0 atom stereocenters. The molecule has 1 aliphatic rings. The van der Waals surface area contributed by atoms with Crippen molar-refractivity contribution in [1.82, 2.24) is 9.97 Å². The van der Waals surface area contributed by atoms with Crippen molar-refractivity contribution in [2.24, 2.45) is 0 Å². The summed E-state index contributed by atoms with van der Waals surface area (Å²) in [5.41, 5.74) is 2.24. The summed E-state index contributed by atoms with van der Waals surface area (Å²) in [4.78, 5) is 13.3. The largest absolute Gasteiger partial charge is 0.378 e. The summed E-state index contributed by atoms with van der Waals surface area (Å²) >= 11 is 0. The number of nitrogens with one attached hydrogen (secondary N) is 1. The zero-order valence-electron chi connectivity index (χ0n) is 14.4. The zero-order valence-corrected chi connectivity index (χ0v) is 14.4. The Morgan fingerprint density at radius 3 is 2.62 bits per heavy atom. The minimum atomic E-state index is 0.772. The Balaban J connectivity index is 1.82. The molecule has 0 spiro atoms. The molecule has 0 amide bonds. The molecule has 0 saturated carbocycles. The SMILES string of the molecule is CCN(CC)c1cc(Nc2ccccc2N2CCOCC2)ncn1. The van der Waals surface area contributed by atoms with Crippen molar-refractivity contribution >= 4 is 23.0 Å². The number of benzene rings is 1. The van der Waals surface area contributed by atoms with Gasteiger partial charge < -0.3 is 19.9 Å². The molecule has 3 rings (SSSR count). The van der Waals surface area contributed by atoms with Gasteiger partial charge in [-0.05, 0) is 26.0 Å². The summed E-state index contributed by atoms with van der Waals surface area (Å²) in [6.07, 6.45) is 1.62. The number of aromatic nitrogens is 2. The molecule has 128 valence electrons. The predicted octanol–water partition coefficient (Wildman–Crippen LogP) is 2.90. The summed E-state index contributed by atoms with van der Waals surface area (Å²) in [5, 5.41) is 3.45. The first-order valence-electron chi connectivity index (χ1n) is 8.57. The number of para-hydroxylation sites is 2. The molecule has 0 unspecified atom stereocenters. The van der Waals surface area contributed by atoms with E-state index in [1.165, 1.54) is 5.69 Å². The summed E-state index contributed by atoms with van der Waals surface area (Å²) in [6.45, 7) is 9.48. The van der Waals surface area contributed by atoms with E-state index in [9.17, 15) is 0 Å². The van der Waals surface area contributed by atoms with Crippen molar-refractivity contribution in [3.05, 3.63) is 36.7 Å². The maximum Gasteiger partial charge on any atom is 0.135 e. The lowest BCUT2D eigenvalue weighted by molar-refractivity contribution is 0.123. The third-order valence-electron chi connectivity index (χ3n) is 4.26. The molecule has 1 aromatic heterocycles. The molecular weight excluding hydrogens is 302 g/mol. The van der Waals surface area contributed by atoms with E-state index >= 15 is 0 Å². The number of anilines is 4. The average Bonchev–Trinajstić information content (AvgIpc) is 2.64. The van der Waals surface area contributed by atoms with Crippen LogP contribution in [0.2, 0.25) is 0 Å². The van der Waals surface area contributed by atoms with Gasteiger partial charge in [0.25, 0.3) is 0 Å². The van der Waals surface area contributed by atoms with E-state index in [2.05, 4.69) is 57.1 Å². The number of nitrogens with zero attached hydrogens (tertiary/aromatic N) is 4. The molecule has 2 heterocycles. The van der Waals surface area contributed by atoms with Crippen LogP contribution >= 0.6 is 0 Å². The molecule has 0 bridgehead atoms. The highest BCUT2D eigenvalue weighted by Crippen LogP contribution is 2.29. The number of hydrogen-bond acceptors (Lipinski definition) is 6. The van der Waals surface area contributed by atoms with Crippen LogP contribution in [0.3, 0.4) is 0 Å². The Labute approximate surface area is 143 Å². The summed E-state index contributed by atoms with van der Waals surface area (Å²) in [6, 6.07) is 10.3. The highest BCUT2D eigenvalue weighted by atomic mass is 16.5. The monoisotopic (exact) mass is 327 g/mol. The van der Waals surface area contributed by atoms with Gasteiger partial charge in [0.1, 0.15) is 18.0 Å². The van der Waals surface area contributed by atoms with Crippen molar-refractivity contribution < 1.29 is 4.74 Å². The fourth-order valence-corrected chi connectivity index (χ4v) is 2.93. The van der Waals surface area contributed by atoms with E-state index in [-0.39, 0.29) is 0 Å². The highest BCUT2D eigenvalue weighted by molar-refractivity contribution is 5.74. The summed E-state index contributed by atoms with van der Waals surface area (Å²) < 4.78 is 5.46. The van der Waals surface area contributed by atoms with Crippen molar-refractivity contribution in [2.75, 3.05) is 54.5 Å². The number of rotatable bonds is 6. The molecule has 6 nitrogen and oxygen atoms in total. The Bertz CT molecular complexity index is 653. The Kier molecular flexibility index (Phi) is 5.48. The van der Waals surface area contributed by atoms with Gasteiger partial charge in [-0.2, -0.15) is 0 Å². The first-order chi connectivity index (χ1) is 11.8. The molecular formula is C18H25N5O. The van der Waals surface area contributed by atoms with Crippen LogP contribution in [0, 0.1) is 0 Å². The van der Waals surface area contributed by atoms with Gasteiger partial charge in [0.15, 0.2) is 0 Å². The Morgan fingerprint density at radius 1 is 1.12 bits per heavy atom. The quantitative estimate of drug-likeness (QED) is 0.880. The van der Waals surface area contributed by atoms with Gasteiger partial charge >= 0.3 is 0 Å². The van der Waals surface area contributed by atoms with E-state index in [0.717, 1.165) is 56.7 Å². The van der Waals surface area contributed by atoms with Crippen LogP contribution in [-0.2, 0) is 4.74 Å². The van der Waals surface area contributed by atoms with Gasteiger partial charge in [-0.25, -0.2) is 9.97 Å². The molecule has 1 aromatic carbocycles. The van der Waals surface area contributed by atoms with Crippen molar-refractivity contribution in [3.63, 3.8) is 0 Å². The molecule has 1 fully saturated rings. The second kappa shape index (κ2) is 7.97. The molecule has 6 heteroatoms. The average molecular weight is 327 g/mol. The topological polar surface area (TPSA) is 53.5 Å². The van der Waals surface area contributed by atoms with Gasteiger partial charge in [0, 0.05) is 32.2 Å². The van der Waals surface area contributed by atoms with Gasteiger partial charge in [-0.1, -0.05) is 12.1 Å². The minimum Gasteiger partial charge on any atom is -0.378 e. The lowest BCUT2D eigenvalue weighted by atomic mass is 10.2. The van der Waals surface area contributed by atoms with E-state index in [1.807, 2.05) is 12.1 Å². The van der Waals surface area contributed by atoms with Crippen LogP contribution in [0.15, 0.2) is 36.7 Å². The zero-order chi connectivity index (χ0) is 16.8. The molecule has 0 radical (unpaired) electrons. The predicted molar refractivity (Wildman–Crippen MR) is 98.3 cm³/mol. The highest BCUT2D eigenvalue weighted by Gasteiger charge is 2.15. The van der Waals surface area contributed by atoms with Gasteiger partial charge in [0.05, 0.1) is 24.6 Å². The molecule has 1 aliphatic heterocycles. The first-order valence-corrected chi connectivity index (χ1v) is 8.57. The fraction of sp³-hybridized carbons (Fsp3) is 0.444. The maximum atomic E-state index is 5.46. The van der Waals surface area contributed by atoms with Crippen molar-refractivity contribution in [2.45, 2.75) is 13.8 Å². The number of ether oxygens (including phenoxy) is 1. The molecule has 24 heavy (non-hydrogen) atoms. The van der Waals surface area contributed by atoms with E-state index in [1.54, 1.807) is 6.33 Å². The van der Waals surface area contributed by atoms with Crippen LogP contribution < -0.4 is 15.1 Å². The minimum absolute atomic E-state index is 0.772. The molecule has 1 saturated heterocycles. The maximum absolute atomic E-state index is 5.46. The molecule has 0 aliphatic carbocycles. The smallest absolute Gasteiger partial charge is 0.135 e. The van der Waals surface area contributed by atoms with Gasteiger partial charge in [-0.15, -0.1) is 0 Å². The Hall–Kier alpha value is -2.34. The molecule has 2 aromatic rings. The third kappa shape index (κ3) is 3.76. The second-order valence-corrected chi connectivity index (χ2v) is 5.68. The first kappa shape index (κ1) is 16.5. The normalized spacial score (nSPS) is 14.5. The van der Waals surface area contributed by atoms with Crippen LogP contribution in [0.25, 0.3) is 0 Å². The van der Waals surface area contributed by atoms with Crippen LogP contribution in [0.4, 0.5) is 23.0 Å². The standard InChI is InChI=1S/C18H25N5O/c1-3-22(4-2)18-13-17(19-14-20-18)21-15-7-5-6-8-16(15)23-9-11-24-12-10-23/h5-8,13-14H,3-4,9-12H2,1-2H3,(H,19,20,21). The van der Waals surface area contributed by atoms with Gasteiger partial charge in [0.2, 0.25) is 0 Å². The second-order valence-electron chi connectivity index (χ2n) is 5.68. The number of morpholine rings is 1. The fourth-order valence-electron chi connectivity index (χ4n) is 2.93. The molecule has 1 N–H and O–H groups in total. The van der Waals surface area contributed by atoms with Crippen LogP contribution in [-0.4, -0.2) is 49.4 Å². The van der Waals surface area contributed by atoms with Crippen molar-refractivity contribution in [1.29, 1.82) is 0 Å². The van der Waals surface area contributed by atoms with E-state index in [4.69, 9.17) is 4.74 Å². The van der Waals surface area contributed by atoms with E-state index in [0.29, 0.717) is 0 Å². The van der Waals surface area contributed by atoms with Crippen LogP contribution in [0.5, 0.6) is 0 Å². The summed E-state index contributed by atoms with van der Waals surface area (Å²) in [7, 11) is 0. The van der Waals surface area contributed by atoms with E-state index < -0.39 is 0 Å². The van der Waals surface area contributed by atoms with Gasteiger partial charge in [-0.3, -0.25) is 0 Å². The number of hydrogen-bond donors (Lipinski definition) is 1. The lowest BCUT2D eigenvalue weighted by Crippen LogP contribution is -2.36.